The van der Waals surface area contributed by atoms with E-state index in [9.17, 15) is 14.4 Å². The standard InChI is InChI=1S/C35H46F2N4O7/c1-4-23-26(20-42)41-19-28(23)47-31-29(38-24-12-11-22(45-3)18-25(24)39-31)35(36,37)13-6-5-8-21-9-7-10-27(21)48-33(44)40-30(32(41)43)34(2)14-16-46-17-15-34/h11-12,18,20-21,23,26-28,30H,4-10,13-17,19H2,1-3H3,(H,40,44)/t21-,23+,26-,27-,28+,30-/m1/s1. The van der Waals surface area contributed by atoms with Crippen LogP contribution in [0, 0.1) is 17.3 Å². The fourth-order valence-electron chi connectivity index (χ4n) is 8.03. The van der Waals surface area contributed by atoms with Gasteiger partial charge in [-0.1, -0.05) is 20.3 Å². The van der Waals surface area contributed by atoms with Crippen molar-refractivity contribution >= 4 is 29.3 Å². The van der Waals surface area contributed by atoms with Crippen LogP contribution in [-0.2, 0) is 25.0 Å². The van der Waals surface area contributed by atoms with E-state index in [1.54, 1.807) is 18.2 Å². The van der Waals surface area contributed by atoms with Gasteiger partial charge in [-0.05, 0) is 69.4 Å². The summed E-state index contributed by atoms with van der Waals surface area (Å²) < 4.78 is 55.5. The molecule has 2 aromatic rings. The van der Waals surface area contributed by atoms with E-state index in [0.717, 1.165) is 12.8 Å². The van der Waals surface area contributed by atoms with Gasteiger partial charge in [0.25, 0.3) is 5.92 Å². The van der Waals surface area contributed by atoms with Crippen LogP contribution in [0.2, 0.25) is 0 Å². The summed E-state index contributed by atoms with van der Waals surface area (Å²) >= 11 is 0. The van der Waals surface area contributed by atoms with Crippen molar-refractivity contribution in [2.75, 3.05) is 26.9 Å². The number of ether oxygens (including phenoxy) is 4. The monoisotopic (exact) mass is 672 g/mol. The molecule has 4 heterocycles. The Labute approximate surface area is 279 Å². The van der Waals surface area contributed by atoms with Crippen molar-refractivity contribution in [1.29, 1.82) is 0 Å². The number of amides is 2. The van der Waals surface area contributed by atoms with Crippen LogP contribution in [0.3, 0.4) is 0 Å². The van der Waals surface area contributed by atoms with Crippen molar-refractivity contribution in [2.24, 2.45) is 17.3 Å². The number of nitrogens with one attached hydrogen (secondary N) is 1. The number of aldehydes is 1. The van der Waals surface area contributed by atoms with E-state index >= 15 is 8.78 Å². The Balaban J connectivity index is 1.42. The molecule has 2 saturated heterocycles. The summed E-state index contributed by atoms with van der Waals surface area (Å²) in [6.45, 7) is 4.58. The number of carbonyl (C=O) groups excluding carboxylic acids is 3. The smallest absolute Gasteiger partial charge is 0.408 e. The van der Waals surface area contributed by atoms with Gasteiger partial charge in [0.2, 0.25) is 11.8 Å². The highest BCUT2D eigenvalue weighted by molar-refractivity contribution is 5.89. The molecule has 1 aliphatic carbocycles. The Morgan fingerprint density at radius 3 is 2.52 bits per heavy atom. The van der Waals surface area contributed by atoms with Crippen LogP contribution in [0.15, 0.2) is 18.2 Å². The second-order valence-electron chi connectivity index (χ2n) is 14.0. The molecule has 48 heavy (non-hydrogen) atoms. The van der Waals surface area contributed by atoms with Crippen LogP contribution in [0.5, 0.6) is 11.6 Å². The quantitative estimate of drug-likeness (QED) is 0.415. The molecule has 4 aliphatic rings. The zero-order valence-electron chi connectivity index (χ0n) is 27.9. The molecule has 6 atom stereocenters. The largest absolute Gasteiger partial charge is 0.497 e. The average Bonchev–Trinajstić information content (AvgIpc) is 3.67. The topological polar surface area (TPSA) is 129 Å². The lowest BCUT2D eigenvalue weighted by Crippen LogP contribution is -2.59. The number of fused-ring (bicyclic) bond motifs is 5. The van der Waals surface area contributed by atoms with Crippen LogP contribution in [0.1, 0.15) is 83.7 Å². The van der Waals surface area contributed by atoms with Crippen LogP contribution in [0.25, 0.3) is 11.0 Å². The Hall–Kier alpha value is -3.61. The van der Waals surface area contributed by atoms with Gasteiger partial charge in [0.1, 0.15) is 30.3 Å². The molecule has 3 fully saturated rings. The lowest BCUT2D eigenvalue weighted by atomic mass is 9.75. The lowest BCUT2D eigenvalue weighted by Gasteiger charge is -2.41. The fraction of sp³-hybridized carbons (Fsp3) is 0.686. The maximum Gasteiger partial charge on any atom is 0.408 e. The summed E-state index contributed by atoms with van der Waals surface area (Å²) in [5.74, 6) is -4.13. The minimum absolute atomic E-state index is 0.0366. The molecule has 2 bridgehead atoms. The number of aromatic nitrogens is 2. The Morgan fingerprint density at radius 2 is 1.79 bits per heavy atom. The number of methoxy groups -OCH3 is 1. The second kappa shape index (κ2) is 14.1. The minimum atomic E-state index is -3.37. The Bertz CT molecular complexity index is 1500. The van der Waals surface area contributed by atoms with Crippen molar-refractivity contribution in [3.05, 3.63) is 23.9 Å². The summed E-state index contributed by atoms with van der Waals surface area (Å²) in [6.07, 6.45) is 3.55. The van der Waals surface area contributed by atoms with E-state index in [4.69, 9.17) is 18.9 Å². The molecule has 3 aliphatic heterocycles. The van der Waals surface area contributed by atoms with Gasteiger partial charge < -0.3 is 34.0 Å². The van der Waals surface area contributed by atoms with Gasteiger partial charge >= 0.3 is 6.09 Å². The molecule has 0 unspecified atom stereocenters. The van der Waals surface area contributed by atoms with Gasteiger partial charge in [0.15, 0.2) is 5.69 Å². The molecule has 2 amide bonds. The number of rotatable bonds is 4. The predicted molar refractivity (Wildman–Crippen MR) is 171 cm³/mol. The van der Waals surface area contributed by atoms with Gasteiger partial charge in [-0.15, -0.1) is 0 Å². The number of nitrogens with zero attached hydrogens (tertiary/aromatic N) is 3. The molecule has 262 valence electrons. The number of alkyl halides is 2. The number of benzene rings is 1. The third-order valence-electron chi connectivity index (χ3n) is 11.0. The van der Waals surface area contributed by atoms with E-state index in [1.165, 1.54) is 12.0 Å². The van der Waals surface area contributed by atoms with Gasteiger partial charge in [-0.25, -0.2) is 14.8 Å². The third-order valence-corrected chi connectivity index (χ3v) is 11.0. The molecule has 6 rings (SSSR count). The fourth-order valence-corrected chi connectivity index (χ4v) is 8.03. The van der Waals surface area contributed by atoms with Crippen molar-refractivity contribution < 1.29 is 42.1 Å². The lowest BCUT2D eigenvalue weighted by molar-refractivity contribution is -0.142. The zero-order chi connectivity index (χ0) is 34.1. The highest BCUT2D eigenvalue weighted by Gasteiger charge is 2.51. The first-order valence-electron chi connectivity index (χ1n) is 17.3. The Morgan fingerprint density at radius 1 is 1.02 bits per heavy atom. The summed E-state index contributed by atoms with van der Waals surface area (Å²) in [7, 11) is 1.50. The van der Waals surface area contributed by atoms with Crippen LogP contribution in [0.4, 0.5) is 13.6 Å². The molecule has 1 saturated carbocycles. The summed E-state index contributed by atoms with van der Waals surface area (Å²) in [4.78, 5) is 51.0. The van der Waals surface area contributed by atoms with Crippen LogP contribution in [-0.4, -0.2) is 84.3 Å². The van der Waals surface area contributed by atoms with Crippen molar-refractivity contribution in [2.45, 2.75) is 108 Å². The molecule has 1 aromatic heterocycles. The maximum absolute atomic E-state index is 16.1. The number of carbonyl (C=O) groups is 3. The highest BCUT2D eigenvalue weighted by Crippen LogP contribution is 2.42. The van der Waals surface area contributed by atoms with Gasteiger partial charge in [0.05, 0.1) is 30.7 Å². The van der Waals surface area contributed by atoms with Crippen molar-refractivity contribution in [3.63, 3.8) is 0 Å². The normalized spacial score (nSPS) is 31.0. The third kappa shape index (κ3) is 6.79. The van der Waals surface area contributed by atoms with Gasteiger partial charge in [-0.2, -0.15) is 8.78 Å². The molecular formula is C35H46F2N4O7. The molecule has 1 N–H and O–H groups in total. The first-order chi connectivity index (χ1) is 23.1. The summed E-state index contributed by atoms with van der Waals surface area (Å²) in [5, 5.41) is 2.91. The van der Waals surface area contributed by atoms with Gasteiger partial charge in [-0.3, -0.25) is 4.79 Å². The minimum Gasteiger partial charge on any atom is -0.497 e. The first-order valence-corrected chi connectivity index (χ1v) is 17.3. The molecule has 1 aromatic carbocycles. The number of halogens is 2. The molecule has 0 radical (unpaired) electrons. The molecule has 13 heteroatoms. The van der Waals surface area contributed by atoms with E-state index in [-0.39, 0.29) is 36.4 Å². The summed E-state index contributed by atoms with van der Waals surface area (Å²) in [5.41, 5.74) is -0.642. The average molecular weight is 673 g/mol. The summed E-state index contributed by atoms with van der Waals surface area (Å²) in [6, 6.07) is 2.92. The van der Waals surface area contributed by atoms with Crippen LogP contribution >= 0.6 is 0 Å². The number of alkyl carbamates (subject to hydrolysis) is 1. The SMILES string of the molecule is CC[C@@H]1[C@@H]2CN(C(=O)[C@H](C3(C)CCOCC3)NC(=O)O[C@@H]3CCC[C@H]3CCCCC(F)(F)c3nc4ccc(OC)cc4nc3O2)[C@@H]1C=O. The second-order valence-corrected chi connectivity index (χ2v) is 14.0. The van der Waals surface area contributed by atoms with E-state index < -0.39 is 59.6 Å². The van der Waals surface area contributed by atoms with Crippen LogP contribution < -0.4 is 14.8 Å². The molecule has 11 nitrogen and oxygen atoms in total. The van der Waals surface area contributed by atoms with E-state index in [0.29, 0.717) is 69.3 Å². The Kier molecular flexibility index (Phi) is 10.1. The number of hydrogen-bond donors (Lipinski definition) is 1. The molecule has 0 spiro atoms. The molecular weight excluding hydrogens is 626 g/mol. The first kappa shape index (κ1) is 34.3. The maximum atomic E-state index is 16.1. The zero-order valence-corrected chi connectivity index (χ0v) is 27.9. The number of hydrogen-bond acceptors (Lipinski definition) is 9. The van der Waals surface area contributed by atoms with Gasteiger partial charge in [0, 0.05) is 37.0 Å². The van der Waals surface area contributed by atoms with E-state index in [1.807, 2.05) is 13.8 Å². The predicted octanol–water partition coefficient (Wildman–Crippen LogP) is 5.57. The van der Waals surface area contributed by atoms with Crippen molar-refractivity contribution in [3.8, 4) is 11.6 Å². The van der Waals surface area contributed by atoms with E-state index in [2.05, 4.69) is 15.3 Å². The van der Waals surface area contributed by atoms with Crippen molar-refractivity contribution in [1.82, 2.24) is 20.2 Å². The highest BCUT2D eigenvalue weighted by atomic mass is 19.3.